The SMILES string of the molecule is CC1(C)CC(C)(c2ccc([N+](=O)[O-])cc2[N+](=O)[O-])c2ccccc2N1. The lowest BCUT2D eigenvalue weighted by molar-refractivity contribution is -0.394. The van der Waals surface area contributed by atoms with Gasteiger partial charge in [0.15, 0.2) is 0 Å². The number of hydrogen-bond acceptors (Lipinski definition) is 5. The molecule has 7 nitrogen and oxygen atoms in total. The summed E-state index contributed by atoms with van der Waals surface area (Å²) in [4.78, 5) is 21.5. The van der Waals surface area contributed by atoms with Crippen molar-refractivity contribution in [3.05, 3.63) is 73.8 Å². The summed E-state index contributed by atoms with van der Waals surface area (Å²) in [5.41, 5.74) is 0.955. The fourth-order valence-electron chi connectivity index (χ4n) is 3.95. The van der Waals surface area contributed by atoms with Crippen LogP contribution in [0.5, 0.6) is 0 Å². The van der Waals surface area contributed by atoms with Gasteiger partial charge in [-0.15, -0.1) is 0 Å². The second kappa shape index (κ2) is 5.54. The average Bonchev–Trinajstić information content (AvgIpc) is 2.53. The highest BCUT2D eigenvalue weighted by atomic mass is 16.6. The predicted molar refractivity (Wildman–Crippen MR) is 95.0 cm³/mol. The number of rotatable bonds is 3. The number of para-hydroxylation sites is 1. The van der Waals surface area contributed by atoms with Crippen molar-refractivity contribution in [2.45, 2.75) is 38.1 Å². The third-order valence-corrected chi connectivity index (χ3v) is 4.77. The third-order valence-electron chi connectivity index (χ3n) is 4.77. The lowest BCUT2D eigenvalue weighted by Crippen LogP contribution is -2.45. The number of nitro benzene ring substituents is 2. The molecule has 0 aromatic heterocycles. The van der Waals surface area contributed by atoms with Gasteiger partial charge in [-0.05, 0) is 38.0 Å². The lowest BCUT2D eigenvalue weighted by Gasteiger charge is -2.45. The molecule has 2 aromatic rings. The third kappa shape index (κ3) is 2.82. The molecule has 2 aromatic carbocycles. The Kier molecular flexibility index (Phi) is 3.74. The van der Waals surface area contributed by atoms with Crippen LogP contribution in [0.4, 0.5) is 17.1 Å². The van der Waals surface area contributed by atoms with Crippen LogP contribution < -0.4 is 5.32 Å². The van der Waals surface area contributed by atoms with Gasteiger partial charge in [0.2, 0.25) is 0 Å². The van der Waals surface area contributed by atoms with Crippen LogP contribution in [0.2, 0.25) is 0 Å². The second-order valence-electron chi connectivity index (χ2n) is 7.28. The summed E-state index contributed by atoms with van der Waals surface area (Å²) in [5.74, 6) is 0. The Balaban J connectivity index is 2.27. The van der Waals surface area contributed by atoms with Crippen molar-refractivity contribution in [2.75, 3.05) is 5.32 Å². The zero-order valence-electron chi connectivity index (χ0n) is 14.3. The Labute approximate surface area is 145 Å². The quantitative estimate of drug-likeness (QED) is 0.659. The van der Waals surface area contributed by atoms with Crippen LogP contribution in [0.1, 0.15) is 38.3 Å². The Morgan fingerprint density at radius 1 is 0.960 bits per heavy atom. The molecule has 1 unspecified atom stereocenters. The van der Waals surface area contributed by atoms with Crippen LogP contribution in [0.25, 0.3) is 0 Å². The number of hydrogen-bond donors (Lipinski definition) is 1. The molecular weight excluding hydrogens is 322 g/mol. The summed E-state index contributed by atoms with van der Waals surface area (Å²) in [6, 6.07) is 11.6. The van der Waals surface area contributed by atoms with Gasteiger partial charge < -0.3 is 5.32 Å². The van der Waals surface area contributed by atoms with Crippen molar-refractivity contribution in [3.63, 3.8) is 0 Å². The second-order valence-corrected chi connectivity index (χ2v) is 7.28. The zero-order valence-corrected chi connectivity index (χ0v) is 14.3. The van der Waals surface area contributed by atoms with Gasteiger partial charge in [-0.2, -0.15) is 0 Å². The summed E-state index contributed by atoms with van der Waals surface area (Å²) in [5, 5.41) is 26.1. The van der Waals surface area contributed by atoms with Crippen molar-refractivity contribution < 1.29 is 9.85 Å². The molecule has 1 heterocycles. The topological polar surface area (TPSA) is 98.3 Å². The highest BCUT2D eigenvalue weighted by Crippen LogP contribution is 2.49. The van der Waals surface area contributed by atoms with Gasteiger partial charge in [-0.25, -0.2) is 0 Å². The monoisotopic (exact) mass is 341 g/mol. The first-order valence-corrected chi connectivity index (χ1v) is 7.95. The van der Waals surface area contributed by atoms with Crippen molar-refractivity contribution >= 4 is 17.1 Å². The maximum atomic E-state index is 11.6. The Hall–Kier alpha value is -2.96. The summed E-state index contributed by atoms with van der Waals surface area (Å²) >= 11 is 0. The largest absolute Gasteiger partial charge is 0.380 e. The smallest absolute Gasteiger partial charge is 0.280 e. The van der Waals surface area contributed by atoms with E-state index >= 15 is 0 Å². The Morgan fingerprint density at radius 3 is 2.28 bits per heavy atom. The van der Waals surface area contributed by atoms with Gasteiger partial charge in [-0.3, -0.25) is 20.2 Å². The molecule has 1 aliphatic heterocycles. The Bertz CT molecular complexity index is 878. The minimum Gasteiger partial charge on any atom is -0.380 e. The van der Waals surface area contributed by atoms with E-state index in [2.05, 4.69) is 5.32 Å². The van der Waals surface area contributed by atoms with Gasteiger partial charge in [-0.1, -0.05) is 25.1 Å². The average molecular weight is 341 g/mol. The van der Waals surface area contributed by atoms with Crippen molar-refractivity contribution in [3.8, 4) is 0 Å². The normalized spacial score (nSPS) is 21.1. The molecular formula is C18H19N3O4. The van der Waals surface area contributed by atoms with Crippen LogP contribution in [-0.2, 0) is 5.41 Å². The maximum Gasteiger partial charge on any atom is 0.280 e. The molecule has 0 saturated carbocycles. The van der Waals surface area contributed by atoms with Crippen LogP contribution in [-0.4, -0.2) is 15.4 Å². The molecule has 1 aliphatic rings. The summed E-state index contributed by atoms with van der Waals surface area (Å²) < 4.78 is 0. The first-order chi connectivity index (χ1) is 11.6. The zero-order chi connectivity index (χ0) is 18.4. The van der Waals surface area contributed by atoms with Gasteiger partial charge in [0.25, 0.3) is 11.4 Å². The summed E-state index contributed by atoms with van der Waals surface area (Å²) in [6.45, 7) is 6.04. The number of anilines is 1. The Morgan fingerprint density at radius 2 is 1.64 bits per heavy atom. The molecule has 0 spiro atoms. The molecule has 0 aliphatic carbocycles. The fourth-order valence-corrected chi connectivity index (χ4v) is 3.95. The van der Waals surface area contributed by atoms with Crippen molar-refractivity contribution in [2.24, 2.45) is 0 Å². The fraction of sp³-hybridized carbons (Fsp3) is 0.333. The highest BCUT2D eigenvalue weighted by Gasteiger charge is 2.44. The number of benzene rings is 2. The molecule has 0 amide bonds. The van der Waals surface area contributed by atoms with Gasteiger partial charge in [0.05, 0.1) is 15.9 Å². The molecule has 1 N–H and O–H groups in total. The number of nitro groups is 2. The van der Waals surface area contributed by atoms with E-state index in [9.17, 15) is 20.2 Å². The molecule has 3 rings (SSSR count). The highest BCUT2D eigenvalue weighted by molar-refractivity contribution is 5.65. The van der Waals surface area contributed by atoms with Gasteiger partial charge in [0.1, 0.15) is 0 Å². The lowest BCUT2D eigenvalue weighted by atomic mass is 9.65. The summed E-state index contributed by atoms with van der Waals surface area (Å²) in [7, 11) is 0. The minimum absolute atomic E-state index is 0.218. The number of fused-ring (bicyclic) bond motifs is 1. The van der Waals surface area contributed by atoms with Crippen LogP contribution >= 0.6 is 0 Å². The van der Waals surface area contributed by atoms with Crippen molar-refractivity contribution in [1.29, 1.82) is 0 Å². The first-order valence-electron chi connectivity index (χ1n) is 7.95. The molecule has 0 radical (unpaired) electrons. The van der Waals surface area contributed by atoms with E-state index in [4.69, 9.17) is 0 Å². The number of non-ortho nitro benzene ring substituents is 1. The molecule has 0 bridgehead atoms. The summed E-state index contributed by atoms with van der Waals surface area (Å²) in [6.07, 6.45) is 0.621. The standard InChI is InChI=1S/C18H19N3O4/c1-17(2)11-18(3,13-6-4-5-7-15(13)19-17)14-9-8-12(20(22)23)10-16(14)21(24)25/h4-10,19H,11H2,1-3H3. The van der Waals surface area contributed by atoms with Gasteiger partial charge in [0, 0.05) is 28.3 Å². The molecule has 25 heavy (non-hydrogen) atoms. The minimum atomic E-state index is -0.636. The van der Waals surface area contributed by atoms with Crippen LogP contribution in [0.3, 0.4) is 0 Å². The van der Waals surface area contributed by atoms with E-state index in [1.54, 1.807) is 0 Å². The van der Waals surface area contributed by atoms with Crippen LogP contribution in [0, 0.1) is 20.2 Å². The molecule has 0 fully saturated rings. The molecule has 1 atom stereocenters. The molecule has 130 valence electrons. The van der Waals surface area contributed by atoms with Gasteiger partial charge >= 0.3 is 0 Å². The van der Waals surface area contributed by atoms with E-state index in [1.165, 1.54) is 12.1 Å². The van der Waals surface area contributed by atoms with Crippen LogP contribution in [0.15, 0.2) is 42.5 Å². The van der Waals surface area contributed by atoms with E-state index in [0.717, 1.165) is 17.3 Å². The predicted octanol–water partition coefficient (Wildman–Crippen LogP) is 4.40. The van der Waals surface area contributed by atoms with E-state index in [0.29, 0.717) is 12.0 Å². The number of nitrogens with one attached hydrogen (secondary N) is 1. The number of nitrogens with zero attached hydrogens (tertiary/aromatic N) is 2. The maximum absolute atomic E-state index is 11.6. The first kappa shape index (κ1) is 16.9. The van der Waals surface area contributed by atoms with E-state index in [1.807, 2.05) is 45.0 Å². The van der Waals surface area contributed by atoms with E-state index in [-0.39, 0.29) is 16.9 Å². The molecule has 0 saturated heterocycles. The van der Waals surface area contributed by atoms with Crippen molar-refractivity contribution in [1.82, 2.24) is 0 Å². The van der Waals surface area contributed by atoms with E-state index < -0.39 is 15.3 Å². The molecule has 7 heteroatoms.